The van der Waals surface area contributed by atoms with Crippen molar-refractivity contribution in [1.82, 2.24) is 0 Å². The summed E-state index contributed by atoms with van der Waals surface area (Å²) in [6, 6.07) is 0. The Hall–Kier alpha value is -0.0800. The van der Waals surface area contributed by atoms with Crippen LogP contribution in [0.2, 0.25) is 0 Å². The Balaban J connectivity index is 2.14. The molecular weight excluding hydrogens is 152 g/mol. The molecule has 4 atom stereocenters. The third-order valence-corrected chi connectivity index (χ3v) is 4.12. The molecule has 0 aromatic heterocycles. The van der Waals surface area contributed by atoms with Gasteiger partial charge in [0.15, 0.2) is 0 Å². The minimum Gasteiger partial charge on any atom is -0.390 e. The second-order valence-electron chi connectivity index (χ2n) is 5.35. The molecule has 12 heavy (non-hydrogen) atoms. The van der Waals surface area contributed by atoms with Crippen LogP contribution in [0.15, 0.2) is 0 Å². The van der Waals surface area contributed by atoms with Gasteiger partial charge in [-0.3, -0.25) is 0 Å². The molecule has 2 heteroatoms. The van der Waals surface area contributed by atoms with Crippen LogP contribution in [0.3, 0.4) is 0 Å². The van der Waals surface area contributed by atoms with Gasteiger partial charge in [-0.1, -0.05) is 13.8 Å². The van der Waals surface area contributed by atoms with Crippen LogP contribution in [0.25, 0.3) is 0 Å². The fraction of sp³-hybridized carbons (Fsp3) is 1.00. The molecule has 0 aliphatic heterocycles. The molecule has 0 heterocycles. The molecule has 0 aromatic carbocycles. The highest BCUT2D eigenvalue weighted by Gasteiger charge is 2.63. The van der Waals surface area contributed by atoms with E-state index in [1.165, 1.54) is 0 Å². The Labute approximate surface area is 73.6 Å². The SMILES string of the molecule is CC1(C)[C@@H]2C[C@](C)(O)[C@@H](O)C[C@@H]21. The summed E-state index contributed by atoms with van der Waals surface area (Å²) in [6.07, 6.45) is 1.04. The summed E-state index contributed by atoms with van der Waals surface area (Å²) in [6.45, 7) is 6.22. The second-order valence-corrected chi connectivity index (χ2v) is 5.35. The van der Waals surface area contributed by atoms with Crippen molar-refractivity contribution in [2.75, 3.05) is 0 Å². The lowest BCUT2D eigenvalue weighted by atomic mass is 9.84. The van der Waals surface area contributed by atoms with E-state index in [-0.39, 0.29) is 0 Å². The van der Waals surface area contributed by atoms with Crippen LogP contribution in [-0.4, -0.2) is 21.9 Å². The van der Waals surface area contributed by atoms with Gasteiger partial charge >= 0.3 is 0 Å². The largest absolute Gasteiger partial charge is 0.390 e. The summed E-state index contributed by atoms with van der Waals surface area (Å²) in [5.41, 5.74) is -0.476. The molecule has 0 bridgehead atoms. The van der Waals surface area contributed by atoms with Gasteiger partial charge < -0.3 is 10.2 Å². The fourth-order valence-electron chi connectivity index (χ4n) is 2.81. The highest BCUT2D eigenvalue weighted by atomic mass is 16.3. The van der Waals surface area contributed by atoms with E-state index in [1.807, 2.05) is 0 Å². The molecule has 0 radical (unpaired) electrons. The molecule has 0 spiro atoms. The van der Waals surface area contributed by atoms with Crippen molar-refractivity contribution in [2.24, 2.45) is 17.3 Å². The first-order valence-corrected chi connectivity index (χ1v) is 4.76. The van der Waals surface area contributed by atoms with Gasteiger partial charge in [-0.2, -0.15) is 0 Å². The van der Waals surface area contributed by atoms with Crippen molar-refractivity contribution >= 4 is 0 Å². The summed E-state index contributed by atoms with van der Waals surface area (Å²) >= 11 is 0. The Morgan fingerprint density at radius 1 is 1.17 bits per heavy atom. The molecule has 0 unspecified atom stereocenters. The van der Waals surface area contributed by atoms with E-state index in [1.54, 1.807) is 6.92 Å². The smallest absolute Gasteiger partial charge is 0.0880 e. The standard InChI is InChI=1S/C10H18O2/c1-9(2)6-4-8(11)10(3,12)5-7(6)9/h6-8,11-12H,4-5H2,1-3H3/t6-,7+,8-,10-/m0/s1. The Morgan fingerprint density at radius 2 is 1.75 bits per heavy atom. The number of aliphatic hydroxyl groups is 2. The predicted molar refractivity (Wildman–Crippen MR) is 46.6 cm³/mol. The topological polar surface area (TPSA) is 40.5 Å². The lowest BCUT2D eigenvalue weighted by Gasteiger charge is -2.32. The second kappa shape index (κ2) is 2.05. The minimum atomic E-state index is -0.838. The summed E-state index contributed by atoms with van der Waals surface area (Å²) in [5, 5.41) is 19.4. The highest BCUT2D eigenvalue weighted by molar-refractivity contribution is 5.12. The van der Waals surface area contributed by atoms with Crippen LogP contribution in [0, 0.1) is 17.3 Å². The van der Waals surface area contributed by atoms with Crippen molar-refractivity contribution in [3.63, 3.8) is 0 Å². The molecule has 2 saturated carbocycles. The number of hydrogen-bond acceptors (Lipinski definition) is 2. The van der Waals surface area contributed by atoms with Crippen LogP contribution in [0.5, 0.6) is 0 Å². The van der Waals surface area contributed by atoms with Gasteiger partial charge in [0.25, 0.3) is 0 Å². The lowest BCUT2D eigenvalue weighted by molar-refractivity contribution is -0.0892. The maximum Gasteiger partial charge on any atom is 0.0880 e. The number of aliphatic hydroxyl groups excluding tert-OH is 1. The van der Waals surface area contributed by atoms with E-state index >= 15 is 0 Å². The minimum absolute atomic E-state index is 0.363. The van der Waals surface area contributed by atoms with E-state index in [9.17, 15) is 10.2 Å². The average Bonchev–Trinajstić information content (AvgIpc) is 2.37. The van der Waals surface area contributed by atoms with E-state index in [4.69, 9.17) is 0 Å². The summed E-state index contributed by atoms with van der Waals surface area (Å²) < 4.78 is 0. The zero-order valence-electron chi connectivity index (χ0n) is 8.04. The Bertz CT molecular complexity index is 208. The van der Waals surface area contributed by atoms with E-state index in [2.05, 4.69) is 13.8 Å². The first kappa shape index (κ1) is 8.52. The predicted octanol–water partition coefficient (Wildman–Crippen LogP) is 1.16. The molecule has 70 valence electrons. The number of fused-ring (bicyclic) bond motifs is 1. The molecule has 2 N–H and O–H groups in total. The van der Waals surface area contributed by atoms with Gasteiger partial charge in [0.2, 0.25) is 0 Å². The van der Waals surface area contributed by atoms with Crippen molar-refractivity contribution < 1.29 is 10.2 Å². The monoisotopic (exact) mass is 170 g/mol. The maximum absolute atomic E-state index is 9.82. The van der Waals surface area contributed by atoms with Crippen LogP contribution in [0.4, 0.5) is 0 Å². The maximum atomic E-state index is 9.82. The first-order valence-electron chi connectivity index (χ1n) is 4.76. The highest BCUT2D eigenvalue weighted by Crippen LogP contribution is 2.66. The van der Waals surface area contributed by atoms with E-state index in [0.717, 1.165) is 12.8 Å². The zero-order chi connectivity index (χ0) is 9.15. The molecule has 0 saturated heterocycles. The summed E-state index contributed by atoms with van der Waals surface area (Å²) in [4.78, 5) is 0. The molecule has 2 fully saturated rings. The van der Waals surface area contributed by atoms with Gasteiger partial charge in [-0.05, 0) is 37.0 Å². The molecule has 2 rings (SSSR count). The Kier molecular flexibility index (Phi) is 1.45. The molecule has 2 aliphatic carbocycles. The number of hydrogen-bond donors (Lipinski definition) is 2. The fourth-order valence-corrected chi connectivity index (χ4v) is 2.81. The molecule has 2 aliphatic rings. The van der Waals surface area contributed by atoms with E-state index in [0.29, 0.717) is 17.3 Å². The Morgan fingerprint density at radius 3 is 2.25 bits per heavy atom. The lowest BCUT2D eigenvalue weighted by Crippen LogP contribution is -2.42. The summed E-state index contributed by atoms with van der Waals surface area (Å²) in [7, 11) is 0. The zero-order valence-corrected chi connectivity index (χ0v) is 8.04. The third kappa shape index (κ3) is 0.944. The van der Waals surface area contributed by atoms with Crippen LogP contribution in [-0.2, 0) is 0 Å². The van der Waals surface area contributed by atoms with Gasteiger partial charge in [-0.15, -0.1) is 0 Å². The van der Waals surface area contributed by atoms with Crippen molar-refractivity contribution in [2.45, 2.75) is 45.3 Å². The third-order valence-electron chi connectivity index (χ3n) is 4.12. The van der Waals surface area contributed by atoms with Gasteiger partial charge in [-0.25, -0.2) is 0 Å². The van der Waals surface area contributed by atoms with Crippen LogP contribution in [0.1, 0.15) is 33.6 Å². The normalized spacial score (nSPS) is 56.2. The van der Waals surface area contributed by atoms with Crippen molar-refractivity contribution in [3.05, 3.63) is 0 Å². The molecule has 0 aromatic rings. The van der Waals surface area contributed by atoms with Crippen LogP contribution < -0.4 is 0 Å². The van der Waals surface area contributed by atoms with Crippen molar-refractivity contribution in [3.8, 4) is 0 Å². The molecule has 2 nitrogen and oxygen atoms in total. The van der Waals surface area contributed by atoms with Gasteiger partial charge in [0, 0.05) is 0 Å². The quantitative estimate of drug-likeness (QED) is 0.573. The molecular formula is C10H18O2. The first-order chi connectivity index (χ1) is 5.36. The van der Waals surface area contributed by atoms with Gasteiger partial charge in [0.05, 0.1) is 11.7 Å². The number of rotatable bonds is 0. The average molecular weight is 170 g/mol. The van der Waals surface area contributed by atoms with Crippen LogP contribution >= 0.6 is 0 Å². The summed E-state index contributed by atoms with van der Waals surface area (Å²) in [5.74, 6) is 1.28. The van der Waals surface area contributed by atoms with Crippen molar-refractivity contribution in [1.29, 1.82) is 0 Å². The molecule has 0 amide bonds. The van der Waals surface area contributed by atoms with E-state index < -0.39 is 11.7 Å². The van der Waals surface area contributed by atoms with Gasteiger partial charge in [0.1, 0.15) is 0 Å².